The number of rotatable bonds is 2. The van der Waals surface area contributed by atoms with Gasteiger partial charge in [0.05, 0.1) is 16.3 Å². The van der Waals surface area contributed by atoms with Crippen LogP contribution in [0.15, 0.2) is 35.2 Å². The van der Waals surface area contributed by atoms with Crippen LogP contribution in [0.4, 0.5) is 15.8 Å². The van der Waals surface area contributed by atoms with E-state index in [1.807, 2.05) is 6.92 Å². The van der Waals surface area contributed by atoms with Crippen LogP contribution in [0.25, 0.3) is 0 Å². The fraction of sp³-hybridized carbons (Fsp3) is 0.381. The van der Waals surface area contributed by atoms with Crippen LogP contribution >= 0.6 is 0 Å². The summed E-state index contributed by atoms with van der Waals surface area (Å²) in [6, 6.07) is 7.55. The van der Waals surface area contributed by atoms with E-state index < -0.39 is 10.0 Å². The van der Waals surface area contributed by atoms with Crippen LogP contribution in [0.5, 0.6) is 0 Å². The molecule has 0 spiro atoms. The number of halogens is 1. The number of aryl methyl sites for hydroxylation is 2. The zero-order chi connectivity index (χ0) is 19.6. The highest BCUT2D eigenvalue weighted by atomic mass is 32.2. The van der Waals surface area contributed by atoms with Gasteiger partial charge in [0.15, 0.2) is 0 Å². The molecule has 3 aliphatic heterocycles. The highest BCUT2D eigenvalue weighted by Crippen LogP contribution is 2.41. The van der Waals surface area contributed by atoms with Crippen LogP contribution in [0.3, 0.4) is 0 Å². The number of amides is 1. The third kappa shape index (κ3) is 2.49. The number of anilines is 2. The van der Waals surface area contributed by atoms with E-state index in [9.17, 15) is 17.6 Å². The second-order valence-electron chi connectivity index (χ2n) is 7.85. The third-order valence-electron chi connectivity index (χ3n) is 6.09. The molecule has 3 heterocycles. The molecule has 3 aliphatic rings. The van der Waals surface area contributed by atoms with E-state index in [0.717, 1.165) is 22.4 Å². The number of nitrogens with zero attached hydrogens (tertiary/aromatic N) is 2. The molecule has 0 unspecified atom stereocenters. The van der Waals surface area contributed by atoms with Crippen LogP contribution in [0.1, 0.15) is 36.5 Å². The van der Waals surface area contributed by atoms with Crippen LogP contribution < -0.4 is 9.21 Å². The highest BCUT2D eigenvalue weighted by molar-refractivity contribution is 7.92. The average Bonchev–Trinajstić information content (AvgIpc) is 3.10. The van der Waals surface area contributed by atoms with Gasteiger partial charge in [-0.05, 0) is 79.6 Å². The Kier molecular flexibility index (Phi) is 3.81. The van der Waals surface area contributed by atoms with Gasteiger partial charge in [-0.1, -0.05) is 0 Å². The van der Waals surface area contributed by atoms with Crippen molar-refractivity contribution in [3.8, 4) is 0 Å². The molecular formula is C21H21FN2O3S. The number of sulfonamides is 1. The van der Waals surface area contributed by atoms with E-state index in [1.165, 1.54) is 16.4 Å². The van der Waals surface area contributed by atoms with Gasteiger partial charge in [-0.3, -0.25) is 9.10 Å². The van der Waals surface area contributed by atoms with Crippen LogP contribution in [0.2, 0.25) is 0 Å². The number of hydrogen-bond acceptors (Lipinski definition) is 3. The van der Waals surface area contributed by atoms with Crippen molar-refractivity contribution in [1.29, 1.82) is 0 Å². The molecule has 2 aromatic carbocycles. The number of carbonyl (C=O) groups excluding carboxylic acids is 1. The topological polar surface area (TPSA) is 57.7 Å². The molecule has 1 atom stereocenters. The summed E-state index contributed by atoms with van der Waals surface area (Å²) in [6.45, 7) is 2.51. The van der Waals surface area contributed by atoms with Crippen molar-refractivity contribution in [3.63, 3.8) is 0 Å². The number of carbonyl (C=O) groups is 1. The molecule has 0 fully saturated rings. The summed E-state index contributed by atoms with van der Waals surface area (Å²) >= 11 is 0. The summed E-state index contributed by atoms with van der Waals surface area (Å²) in [5.41, 5.74) is 4.04. The first-order valence-corrected chi connectivity index (χ1v) is 11.1. The van der Waals surface area contributed by atoms with Gasteiger partial charge < -0.3 is 4.90 Å². The maximum absolute atomic E-state index is 13.7. The molecule has 7 heteroatoms. The molecule has 1 amide bonds. The van der Waals surface area contributed by atoms with E-state index in [4.69, 9.17) is 0 Å². The predicted octanol–water partition coefficient (Wildman–Crippen LogP) is 3.19. The van der Waals surface area contributed by atoms with Crippen molar-refractivity contribution in [2.45, 2.75) is 50.0 Å². The Morgan fingerprint density at radius 3 is 2.54 bits per heavy atom. The normalized spacial score (nSPS) is 20.9. The fourth-order valence-electron chi connectivity index (χ4n) is 4.74. The van der Waals surface area contributed by atoms with E-state index in [0.29, 0.717) is 44.3 Å². The smallest absolute Gasteiger partial charge is 0.264 e. The minimum Gasteiger partial charge on any atom is -0.312 e. The van der Waals surface area contributed by atoms with Gasteiger partial charge in [-0.2, -0.15) is 0 Å². The minimum absolute atomic E-state index is 0.113. The van der Waals surface area contributed by atoms with Crippen LogP contribution in [-0.4, -0.2) is 26.9 Å². The molecule has 0 aromatic heterocycles. The Morgan fingerprint density at radius 1 is 1.00 bits per heavy atom. The summed E-state index contributed by atoms with van der Waals surface area (Å²) in [5.74, 6) is -0.236. The van der Waals surface area contributed by atoms with Crippen molar-refractivity contribution in [3.05, 3.63) is 52.8 Å². The highest BCUT2D eigenvalue weighted by Gasteiger charge is 2.37. The first kappa shape index (κ1) is 17.7. The second-order valence-corrected chi connectivity index (χ2v) is 9.66. The van der Waals surface area contributed by atoms with Crippen molar-refractivity contribution >= 4 is 27.3 Å². The molecular weight excluding hydrogens is 379 g/mol. The monoisotopic (exact) mass is 400 g/mol. The molecule has 5 nitrogen and oxygen atoms in total. The third-order valence-corrected chi connectivity index (χ3v) is 8.00. The molecule has 28 heavy (non-hydrogen) atoms. The maximum atomic E-state index is 13.7. The van der Waals surface area contributed by atoms with Gasteiger partial charge in [0.1, 0.15) is 5.82 Å². The van der Waals surface area contributed by atoms with Crippen molar-refractivity contribution in [2.24, 2.45) is 0 Å². The van der Waals surface area contributed by atoms with Crippen LogP contribution in [-0.2, 0) is 34.1 Å². The molecule has 2 aromatic rings. The van der Waals surface area contributed by atoms with Gasteiger partial charge in [-0.25, -0.2) is 12.8 Å². The minimum atomic E-state index is -3.79. The Bertz CT molecular complexity index is 1110. The molecule has 146 valence electrons. The lowest BCUT2D eigenvalue weighted by Crippen LogP contribution is -2.42. The summed E-state index contributed by atoms with van der Waals surface area (Å²) in [4.78, 5) is 14.2. The molecule has 5 rings (SSSR count). The summed E-state index contributed by atoms with van der Waals surface area (Å²) in [5, 5.41) is 0. The molecule has 0 saturated carbocycles. The lowest BCUT2D eigenvalue weighted by atomic mass is 9.99. The number of benzene rings is 2. The van der Waals surface area contributed by atoms with Crippen LogP contribution in [0, 0.1) is 5.82 Å². The fourth-order valence-corrected chi connectivity index (χ4v) is 6.57. The van der Waals surface area contributed by atoms with Crippen molar-refractivity contribution in [1.82, 2.24) is 0 Å². The Balaban J connectivity index is 1.64. The van der Waals surface area contributed by atoms with Crippen molar-refractivity contribution in [2.75, 3.05) is 15.7 Å². The standard InChI is InChI=1S/C21H21FN2O3S/c1-13-2-3-14-10-17(22)5-6-19(14)24(13)28(26,27)18-11-15-4-7-20(25)23-9-8-16(12-18)21(15)23/h5-6,10-13H,2-4,7-9H2,1H3/t13-/m1/s1. The molecule has 0 N–H and O–H groups in total. The van der Waals surface area contributed by atoms with Gasteiger partial charge in [0.25, 0.3) is 10.0 Å². The quantitative estimate of drug-likeness (QED) is 0.778. The lowest BCUT2D eigenvalue weighted by Gasteiger charge is -2.36. The predicted molar refractivity (Wildman–Crippen MR) is 105 cm³/mol. The van der Waals surface area contributed by atoms with Crippen molar-refractivity contribution < 1.29 is 17.6 Å². The second kappa shape index (κ2) is 6.04. The van der Waals surface area contributed by atoms with E-state index >= 15 is 0 Å². The van der Waals surface area contributed by atoms with Gasteiger partial charge in [-0.15, -0.1) is 0 Å². The Hall–Kier alpha value is -2.41. The first-order chi connectivity index (χ1) is 13.4. The Labute approximate surface area is 163 Å². The molecule has 0 bridgehead atoms. The van der Waals surface area contributed by atoms with E-state index in [2.05, 4.69) is 0 Å². The largest absolute Gasteiger partial charge is 0.312 e. The number of hydrogen-bond donors (Lipinski definition) is 0. The van der Waals surface area contributed by atoms with E-state index in [-0.39, 0.29) is 22.7 Å². The SMILES string of the molecule is C[C@@H]1CCc2cc(F)ccc2N1S(=O)(=O)c1cc2c3c(c1)CCN3C(=O)CC2. The number of fused-ring (bicyclic) bond motifs is 1. The summed E-state index contributed by atoms with van der Waals surface area (Å²) in [7, 11) is -3.79. The molecule has 0 radical (unpaired) electrons. The van der Waals surface area contributed by atoms with Gasteiger partial charge >= 0.3 is 0 Å². The zero-order valence-electron chi connectivity index (χ0n) is 15.6. The first-order valence-electron chi connectivity index (χ1n) is 9.65. The molecule has 0 saturated heterocycles. The summed E-state index contributed by atoms with van der Waals surface area (Å²) < 4.78 is 42.4. The van der Waals surface area contributed by atoms with Gasteiger partial charge in [0, 0.05) is 19.0 Å². The zero-order valence-corrected chi connectivity index (χ0v) is 16.4. The average molecular weight is 400 g/mol. The summed E-state index contributed by atoms with van der Waals surface area (Å²) in [6.07, 6.45) is 2.97. The van der Waals surface area contributed by atoms with E-state index in [1.54, 1.807) is 23.1 Å². The lowest BCUT2D eigenvalue weighted by molar-refractivity contribution is -0.118. The maximum Gasteiger partial charge on any atom is 0.264 e. The van der Waals surface area contributed by atoms with Gasteiger partial charge in [0.2, 0.25) is 5.91 Å². The Morgan fingerprint density at radius 2 is 1.75 bits per heavy atom. The molecule has 0 aliphatic carbocycles.